The van der Waals surface area contributed by atoms with Gasteiger partial charge < -0.3 is 30.9 Å². The molecule has 0 radical (unpaired) electrons. The standard InChI is InChI=1S/C30H33F2N7O6/c1-2-23(40)35-10-11-37-26-25(27(42)28(26)43)36-8-3-4-12-45-19-5-6-22-21(13-19)20(7-9-34-22)29(44)38-16-24(41)39-17-30(31,32)14-18(39)15-33/h5-7,9,13,18,36-37H,2-4,8,10-12,14,16-17H2,1H3,(H,35,40)(H,38,44). The Bertz CT molecular complexity index is 1680. The van der Waals surface area contributed by atoms with Gasteiger partial charge >= 0.3 is 0 Å². The lowest BCUT2D eigenvalue weighted by atomic mass is 10.1. The first-order valence-corrected chi connectivity index (χ1v) is 14.5. The summed E-state index contributed by atoms with van der Waals surface area (Å²) in [4.78, 5) is 65.5. The third-order valence-electron chi connectivity index (χ3n) is 7.22. The molecule has 1 aliphatic heterocycles. The number of amides is 3. The Morgan fingerprint density at radius 3 is 2.51 bits per heavy atom. The van der Waals surface area contributed by atoms with Crippen LogP contribution >= 0.6 is 0 Å². The van der Waals surface area contributed by atoms with Crippen LogP contribution in [0, 0.1) is 11.3 Å². The van der Waals surface area contributed by atoms with Crippen LogP contribution in [0.25, 0.3) is 10.9 Å². The highest BCUT2D eigenvalue weighted by atomic mass is 19.3. The molecule has 238 valence electrons. The van der Waals surface area contributed by atoms with Gasteiger partial charge in [0.25, 0.3) is 22.7 Å². The van der Waals surface area contributed by atoms with Crippen LogP contribution in [0.1, 0.15) is 43.0 Å². The van der Waals surface area contributed by atoms with Crippen LogP contribution in [0.3, 0.4) is 0 Å². The molecule has 0 spiro atoms. The summed E-state index contributed by atoms with van der Waals surface area (Å²) in [5.74, 6) is -4.19. The van der Waals surface area contributed by atoms with Crippen molar-refractivity contribution >= 4 is 40.0 Å². The Morgan fingerprint density at radius 1 is 1.07 bits per heavy atom. The number of likely N-dealkylation sites (tertiary alicyclic amines) is 1. The maximum Gasteiger partial charge on any atom is 0.268 e. The second kappa shape index (κ2) is 14.6. The number of nitrogens with one attached hydrogen (secondary N) is 4. The Balaban J connectivity index is 1.24. The molecule has 0 saturated carbocycles. The number of benzene rings is 1. The maximum atomic E-state index is 13.7. The topological polar surface area (TPSA) is 183 Å². The first-order chi connectivity index (χ1) is 21.5. The largest absolute Gasteiger partial charge is 0.494 e. The number of unbranched alkanes of at least 4 members (excludes halogenated alkanes) is 1. The Hall–Kier alpha value is -5.13. The van der Waals surface area contributed by atoms with Crippen LogP contribution in [0.4, 0.5) is 20.2 Å². The van der Waals surface area contributed by atoms with Gasteiger partial charge in [-0.05, 0) is 37.1 Å². The summed E-state index contributed by atoms with van der Waals surface area (Å²) in [7, 11) is 0. The second-order valence-corrected chi connectivity index (χ2v) is 10.5. The monoisotopic (exact) mass is 625 g/mol. The fourth-order valence-electron chi connectivity index (χ4n) is 4.83. The molecule has 1 unspecified atom stereocenters. The number of hydrogen-bond donors (Lipinski definition) is 4. The van der Waals surface area contributed by atoms with E-state index in [9.17, 15) is 32.8 Å². The molecule has 3 amide bonds. The van der Waals surface area contributed by atoms with Crippen molar-refractivity contribution in [1.29, 1.82) is 5.26 Å². The predicted octanol–water partition coefficient (Wildman–Crippen LogP) is 1.53. The highest BCUT2D eigenvalue weighted by Crippen LogP contribution is 2.31. The fraction of sp³-hybridized carbons (Fsp3) is 0.433. The van der Waals surface area contributed by atoms with Crippen LogP contribution in [0.5, 0.6) is 5.75 Å². The molecule has 13 nitrogen and oxygen atoms in total. The number of aromatic nitrogens is 1. The normalized spacial score (nSPS) is 15.4. The lowest BCUT2D eigenvalue weighted by Crippen LogP contribution is -2.43. The lowest BCUT2D eigenvalue weighted by molar-refractivity contribution is -0.131. The molecular weight excluding hydrogens is 592 g/mol. The van der Waals surface area contributed by atoms with Crippen LogP contribution < -0.4 is 36.9 Å². The van der Waals surface area contributed by atoms with E-state index in [0.717, 1.165) is 4.90 Å². The average molecular weight is 626 g/mol. The molecule has 1 saturated heterocycles. The Labute approximate surface area is 256 Å². The number of carbonyl (C=O) groups excluding carboxylic acids is 3. The number of hydrogen-bond acceptors (Lipinski definition) is 10. The van der Waals surface area contributed by atoms with Gasteiger partial charge in [-0.3, -0.25) is 29.0 Å². The number of pyridine rings is 1. The summed E-state index contributed by atoms with van der Waals surface area (Å²) in [5, 5.41) is 20.5. The third-order valence-corrected chi connectivity index (χ3v) is 7.22. The highest BCUT2D eigenvalue weighted by Gasteiger charge is 2.47. The van der Waals surface area contributed by atoms with Gasteiger partial charge in [0.1, 0.15) is 23.2 Å². The van der Waals surface area contributed by atoms with Gasteiger partial charge in [-0.2, -0.15) is 5.26 Å². The minimum atomic E-state index is -3.15. The quantitative estimate of drug-likeness (QED) is 0.143. The van der Waals surface area contributed by atoms with E-state index >= 15 is 0 Å². The van der Waals surface area contributed by atoms with Gasteiger partial charge in [0.15, 0.2) is 0 Å². The van der Waals surface area contributed by atoms with Crippen molar-refractivity contribution in [3.63, 3.8) is 0 Å². The van der Waals surface area contributed by atoms with Crippen molar-refractivity contribution < 1.29 is 27.9 Å². The van der Waals surface area contributed by atoms with Gasteiger partial charge in [0.05, 0.1) is 36.8 Å². The SMILES string of the molecule is CCC(=O)NCCNc1c(NCCCCOc2ccc3nccc(C(=O)NCC(=O)N4CC(F)(F)CC4C#N)c3c2)c(=O)c1=O. The van der Waals surface area contributed by atoms with E-state index in [0.29, 0.717) is 62.2 Å². The molecule has 15 heteroatoms. The van der Waals surface area contributed by atoms with E-state index in [4.69, 9.17) is 10.00 Å². The fourth-order valence-corrected chi connectivity index (χ4v) is 4.83. The number of nitriles is 1. The van der Waals surface area contributed by atoms with E-state index in [1.54, 1.807) is 31.2 Å². The maximum absolute atomic E-state index is 13.7. The molecule has 1 aromatic heterocycles. The molecule has 4 N–H and O–H groups in total. The molecule has 1 atom stereocenters. The summed E-state index contributed by atoms with van der Waals surface area (Å²) >= 11 is 0. The minimum absolute atomic E-state index is 0.107. The van der Waals surface area contributed by atoms with Crippen LogP contribution in [-0.4, -0.2) is 78.9 Å². The van der Waals surface area contributed by atoms with Gasteiger partial charge in [-0.25, -0.2) is 8.78 Å². The van der Waals surface area contributed by atoms with E-state index in [1.165, 1.54) is 12.3 Å². The van der Waals surface area contributed by atoms with Gasteiger partial charge in [0.2, 0.25) is 11.8 Å². The predicted molar refractivity (Wildman–Crippen MR) is 161 cm³/mol. The van der Waals surface area contributed by atoms with Crippen molar-refractivity contribution in [3.05, 3.63) is 56.5 Å². The van der Waals surface area contributed by atoms with Crippen molar-refractivity contribution in [3.8, 4) is 11.8 Å². The van der Waals surface area contributed by atoms with E-state index in [2.05, 4.69) is 26.3 Å². The van der Waals surface area contributed by atoms with E-state index in [1.807, 2.05) is 0 Å². The van der Waals surface area contributed by atoms with Crippen LogP contribution in [0.15, 0.2) is 40.1 Å². The highest BCUT2D eigenvalue weighted by molar-refractivity contribution is 6.07. The molecule has 0 aliphatic carbocycles. The molecule has 1 fully saturated rings. The molecule has 3 aromatic rings. The van der Waals surface area contributed by atoms with Crippen molar-refractivity contribution in [2.75, 3.05) is 50.0 Å². The van der Waals surface area contributed by atoms with E-state index in [-0.39, 0.29) is 22.8 Å². The average Bonchev–Trinajstić information content (AvgIpc) is 3.37. The van der Waals surface area contributed by atoms with Crippen molar-refractivity contribution in [2.45, 2.75) is 44.6 Å². The van der Waals surface area contributed by atoms with Crippen LogP contribution in [-0.2, 0) is 9.59 Å². The molecule has 45 heavy (non-hydrogen) atoms. The Kier molecular flexibility index (Phi) is 10.6. The van der Waals surface area contributed by atoms with Crippen LogP contribution in [0.2, 0.25) is 0 Å². The molecular formula is C30H33F2N7O6. The van der Waals surface area contributed by atoms with Gasteiger partial charge in [-0.1, -0.05) is 6.92 Å². The van der Waals surface area contributed by atoms with Gasteiger partial charge in [0, 0.05) is 44.1 Å². The zero-order valence-electron chi connectivity index (χ0n) is 24.6. The number of rotatable bonds is 15. The third kappa shape index (κ3) is 8.08. The smallest absolute Gasteiger partial charge is 0.268 e. The molecule has 4 rings (SSSR count). The zero-order valence-corrected chi connectivity index (χ0v) is 24.6. The summed E-state index contributed by atoms with van der Waals surface area (Å²) in [5.41, 5.74) is -0.0581. The molecule has 2 aromatic carbocycles. The first kappa shape index (κ1) is 32.8. The summed E-state index contributed by atoms with van der Waals surface area (Å²) in [6.07, 6.45) is 2.28. The Morgan fingerprint density at radius 2 is 1.80 bits per heavy atom. The lowest BCUT2D eigenvalue weighted by Gasteiger charge is -2.19. The molecule has 2 heterocycles. The number of nitrogens with zero attached hydrogens (tertiary/aromatic N) is 3. The first-order valence-electron chi connectivity index (χ1n) is 14.5. The number of ether oxygens (including phenoxy) is 1. The number of halogens is 2. The molecule has 0 bridgehead atoms. The summed E-state index contributed by atoms with van der Waals surface area (Å²) in [6.45, 7) is 1.69. The second-order valence-electron chi connectivity index (χ2n) is 10.5. The van der Waals surface area contributed by atoms with E-state index < -0.39 is 54.1 Å². The van der Waals surface area contributed by atoms with Crippen molar-refractivity contribution in [2.24, 2.45) is 0 Å². The van der Waals surface area contributed by atoms with Gasteiger partial charge in [-0.15, -0.1) is 0 Å². The number of anilines is 2. The number of carbonyl (C=O) groups is 3. The number of alkyl halides is 2. The summed E-state index contributed by atoms with van der Waals surface area (Å²) < 4.78 is 33.2. The number of fused-ring (bicyclic) bond motifs is 1. The molecule has 1 aliphatic rings. The zero-order chi connectivity index (χ0) is 32.6. The summed E-state index contributed by atoms with van der Waals surface area (Å²) in [6, 6.07) is 6.91. The minimum Gasteiger partial charge on any atom is -0.494 e. The van der Waals surface area contributed by atoms with Crippen molar-refractivity contribution in [1.82, 2.24) is 20.5 Å².